The highest BCUT2D eigenvalue weighted by Crippen LogP contribution is 2.17. The zero-order valence-corrected chi connectivity index (χ0v) is 9.50. The highest BCUT2D eigenvalue weighted by atomic mass is 35.5. The Bertz CT molecular complexity index is 132. The third-order valence-electron chi connectivity index (χ3n) is 2.31. The topological polar surface area (TPSA) is 3.24 Å². The second-order valence-corrected chi connectivity index (χ2v) is 5.14. The molecule has 0 bridgehead atoms. The molecular weight excluding hydrogens is 190 g/mol. The van der Waals surface area contributed by atoms with E-state index in [0.717, 1.165) is 11.9 Å². The fraction of sp³-hybridized carbons (Fsp3) is 1.00. The van der Waals surface area contributed by atoms with Crippen LogP contribution in [0.1, 0.15) is 13.8 Å². The predicted octanol–water partition coefficient (Wildman–Crippen LogP) is 2.30. The van der Waals surface area contributed by atoms with Gasteiger partial charge in [-0.05, 0) is 12.8 Å². The monoisotopic (exact) mass is 207 g/mol. The molecule has 1 saturated heterocycles. The normalized spacial score (nSPS) is 28.8. The van der Waals surface area contributed by atoms with Crippen molar-refractivity contribution in [1.82, 2.24) is 4.90 Å². The van der Waals surface area contributed by atoms with Crippen LogP contribution in [-0.4, -0.2) is 41.4 Å². The summed E-state index contributed by atoms with van der Waals surface area (Å²) in [6.07, 6.45) is 0. The van der Waals surface area contributed by atoms with Crippen LogP contribution in [0.25, 0.3) is 0 Å². The molecule has 0 aromatic rings. The average molecular weight is 208 g/mol. The summed E-state index contributed by atoms with van der Waals surface area (Å²) in [5.41, 5.74) is 0. The summed E-state index contributed by atoms with van der Waals surface area (Å²) < 4.78 is 0. The highest BCUT2D eigenvalue weighted by molar-refractivity contribution is 7.99. The van der Waals surface area contributed by atoms with E-state index in [-0.39, 0.29) is 0 Å². The Kier molecular flexibility index (Phi) is 4.77. The first-order chi connectivity index (χ1) is 5.74. The van der Waals surface area contributed by atoms with Gasteiger partial charge in [-0.1, -0.05) is 6.92 Å². The minimum absolute atomic E-state index is 0.636. The van der Waals surface area contributed by atoms with E-state index >= 15 is 0 Å². The van der Waals surface area contributed by atoms with Gasteiger partial charge in [-0.25, -0.2) is 0 Å². The Balaban J connectivity index is 2.28. The van der Waals surface area contributed by atoms with E-state index in [9.17, 15) is 0 Å². The Labute approximate surface area is 84.8 Å². The molecule has 0 radical (unpaired) electrons. The molecule has 1 heterocycles. The molecule has 2 unspecified atom stereocenters. The van der Waals surface area contributed by atoms with Crippen molar-refractivity contribution in [2.45, 2.75) is 19.9 Å². The zero-order chi connectivity index (χ0) is 8.97. The summed E-state index contributed by atoms with van der Waals surface area (Å²) in [4.78, 5) is 2.56. The maximum absolute atomic E-state index is 5.79. The number of hydrogen-bond acceptors (Lipinski definition) is 2. The Morgan fingerprint density at radius 3 is 3.00 bits per heavy atom. The van der Waals surface area contributed by atoms with E-state index in [4.69, 9.17) is 11.6 Å². The summed E-state index contributed by atoms with van der Waals surface area (Å²) in [7, 11) is 0. The number of nitrogens with zero attached hydrogens (tertiary/aromatic N) is 1. The van der Waals surface area contributed by atoms with Crippen molar-refractivity contribution < 1.29 is 0 Å². The van der Waals surface area contributed by atoms with E-state index in [2.05, 4.69) is 30.5 Å². The zero-order valence-electron chi connectivity index (χ0n) is 7.92. The molecule has 12 heavy (non-hydrogen) atoms. The van der Waals surface area contributed by atoms with Crippen molar-refractivity contribution in [3.8, 4) is 0 Å². The van der Waals surface area contributed by atoms with Crippen molar-refractivity contribution in [1.29, 1.82) is 0 Å². The third-order valence-corrected chi connectivity index (χ3v) is 4.03. The fourth-order valence-electron chi connectivity index (χ4n) is 1.48. The molecule has 0 saturated carbocycles. The van der Waals surface area contributed by atoms with Gasteiger partial charge in [0.05, 0.1) is 0 Å². The average Bonchev–Trinajstić information content (AvgIpc) is 2.09. The van der Waals surface area contributed by atoms with Crippen LogP contribution in [0.4, 0.5) is 0 Å². The molecule has 0 aromatic carbocycles. The number of halogens is 1. The Morgan fingerprint density at radius 2 is 2.42 bits per heavy atom. The highest BCUT2D eigenvalue weighted by Gasteiger charge is 2.19. The maximum atomic E-state index is 5.79. The lowest BCUT2D eigenvalue weighted by Crippen LogP contribution is -2.42. The van der Waals surface area contributed by atoms with Crippen molar-refractivity contribution in [3.63, 3.8) is 0 Å². The van der Waals surface area contributed by atoms with Crippen molar-refractivity contribution in [3.05, 3.63) is 0 Å². The first-order valence-electron chi connectivity index (χ1n) is 4.61. The van der Waals surface area contributed by atoms with Gasteiger partial charge in [-0.3, -0.25) is 4.90 Å². The largest absolute Gasteiger partial charge is 0.299 e. The van der Waals surface area contributed by atoms with Gasteiger partial charge in [-0.15, -0.1) is 11.6 Å². The lowest BCUT2D eigenvalue weighted by Gasteiger charge is -2.34. The third kappa shape index (κ3) is 3.15. The minimum Gasteiger partial charge on any atom is -0.299 e. The summed E-state index contributed by atoms with van der Waals surface area (Å²) in [5, 5.41) is 0. The van der Waals surface area contributed by atoms with Crippen LogP contribution in [-0.2, 0) is 0 Å². The van der Waals surface area contributed by atoms with E-state index in [1.54, 1.807) is 0 Å². The SMILES string of the molecule is CC(CCl)CN1CCSCC1C. The molecule has 0 spiro atoms. The summed E-state index contributed by atoms with van der Waals surface area (Å²) >= 11 is 7.85. The van der Waals surface area contributed by atoms with Gasteiger partial charge < -0.3 is 0 Å². The van der Waals surface area contributed by atoms with Crippen molar-refractivity contribution in [2.75, 3.05) is 30.5 Å². The number of hydrogen-bond donors (Lipinski definition) is 0. The van der Waals surface area contributed by atoms with E-state index in [0.29, 0.717) is 5.92 Å². The van der Waals surface area contributed by atoms with Gasteiger partial charge in [0.2, 0.25) is 0 Å². The van der Waals surface area contributed by atoms with Gasteiger partial charge >= 0.3 is 0 Å². The molecule has 2 atom stereocenters. The first-order valence-corrected chi connectivity index (χ1v) is 6.30. The van der Waals surface area contributed by atoms with Crippen molar-refractivity contribution >= 4 is 23.4 Å². The van der Waals surface area contributed by atoms with Gasteiger partial charge in [0, 0.05) is 36.5 Å². The van der Waals surface area contributed by atoms with Crippen LogP contribution in [0.15, 0.2) is 0 Å². The van der Waals surface area contributed by atoms with Crippen LogP contribution in [0.2, 0.25) is 0 Å². The molecule has 1 rings (SSSR count). The number of alkyl halides is 1. The molecule has 72 valence electrons. The van der Waals surface area contributed by atoms with Crippen LogP contribution in [0, 0.1) is 5.92 Å². The lowest BCUT2D eigenvalue weighted by atomic mass is 10.2. The second kappa shape index (κ2) is 5.36. The summed E-state index contributed by atoms with van der Waals surface area (Å²) in [5.74, 6) is 4.00. The number of rotatable bonds is 3. The first kappa shape index (κ1) is 10.7. The molecule has 1 aliphatic heterocycles. The van der Waals surface area contributed by atoms with Gasteiger partial charge in [0.1, 0.15) is 0 Å². The van der Waals surface area contributed by atoms with E-state index in [1.807, 2.05) is 0 Å². The quantitative estimate of drug-likeness (QED) is 0.654. The lowest BCUT2D eigenvalue weighted by molar-refractivity contribution is 0.208. The van der Waals surface area contributed by atoms with E-state index < -0.39 is 0 Å². The second-order valence-electron chi connectivity index (χ2n) is 3.68. The molecule has 3 heteroatoms. The molecular formula is C9H18ClNS. The molecule has 0 aliphatic carbocycles. The maximum Gasteiger partial charge on any atom is 0.0261 e. The van der Waals surface area contributed by atoms with Crippen LogP contribution in [0.5, 0.6) is 0 Å². The molecule has 1 aliphatic rings. The van der Waals surface area contributed by atoms with Crippen LogP contribution >= 0.6 is 23.4 Å². The Hall–Kier alpha value is 0.600. The molecule has 0 aromatic heterocycles. The predicted molar refractivity (Wildman–Crippen MR) is 58.2 cm³/mol. The molecule has 1 nitrogen and oxygen atoms in total. The standard InChI is InChI=1S/C9H18ClNS/c1-8(5-10)6-11-3-4-12-7-9(11)2/h8-9H,3-7H2,1-2H3. The summed E-state index contributed by atoms with van der Waals surface area (Å²) in [6.45, 7) is 6.95. The van der Waals surface area contributed by atoms with Gasteiger partial charge in [-0.2, -0.15) is 11.8 Å². The smallest absolute Gasteiger partial charge is 0.0261 e. The van der Waals surface area contributed by atoms with Crippen LogP contribution in [0.3, 0.4) is 0 Å². The fourth-order valence-corrected chi connectivity index (χ4v) is 2.66. The summed E-state index contributed by atoms with van der Waals surface area (Å²) in [6, 6.07) is 0.745. The van der Waals surface area contributed by atoms with Crippen LogP contribution < -0.4 is 0 Å². The van der Waals surface area contributed by atoms with Gasteiger partial charge in [0.15, 0.2) is 0 Å². The number of thioether (sulfide) groups is 1. The molecule has 0 amide bonds. The van der Waals surface area contributed by atoms with E-state index in [1.165, 1.54) is 24.6 Å². The van der Waals surface area contributed by atoms with Crippen molar-refractivity contribution in [2.24, 2.45) is 5.92 Å². The molecule has 0 N–H and O–H groups in total. The minimum atomic E-state index is 0.636. The molecule has 1 fully saturated rings. The van der Waals surface area contributed by atoms with Gasteiger partial charge in [0.25, 0.3) is 0 Å². The Morgan fingerprint density at radius 1 is 1.67 bits per heavy atom.